The van der Waals surface area contributed by atoms with Crippen LogP contribution >= 0.6 is 0 Å². The van der Waals surface area contributed by atoms with Crippen LogP contribution in [0.3, 0.4) is 0 Å². The Kier molecular flexibility index (Phi) is 2.23. The Bertz CT molecular complexity index is 212. The van der Waals surface area contributed by atoms with E-state index in [9.17, 15) is 4.79 Å². The number of hydrogen-bond donors (Lipinski definition) is 2. The van der Waals surface area contributed by atoms with Crippen LogP contribution in [0.4, 0.5) is 0 Å². The van der Waals surface area contributed by atoms with Crippen molar-refractivity contribution in [3.05, 3.63) is 0 Å². The summed E-state index contributed by atoms with van der Waals surface area (Å²) >= 11 is 0. The summed E-state index contributed by atoms with van der Waals surface area (Å²) in [5.74, 6) is -0.856. The standard InChI is InChI=1S/C8H13NO4/c10-7(11)6-3-13-5-8(9-6)1-2-12-4-8/h6,9H,1-5H2,(H,10,11). The van der Waals surface area contributed by atoms with Gasteiger partial charge in [-0.25, -0.2) is 0 Å². The van der Waals surface area contributed by atoms with E-state index in [-0.39, 0.29) is 12.1 Å². The molecule has 0 amide bonds. The van der Waals surface area contributed by atoms with Gasteiger partial charge in [0.1, 0.15) is 6.04 Å². The van der Waals surface area contributed by atoms with Crippen molar-refractivity contribution >= 4 is 5.97 Å². The zero-order chi connectivity index (χ0) is 9.31. The van der Waals surface area contributed by atoms with Gasteiger partial charge in [-0.15, -0.1) is 0 Å². The van der Waals surface area contributed by atoms with Crippen molar-refractivity contribution < 1.29 is 19.4 Å². The van der Waals surface area contributed by atoms with Gasteiger partial charge in [0.2, 0.25) is 0 Å². The second-order valence-electron chi connectivity index (χ2n) is 3.63. The van der Waals surface area contributed by atoms with E-state index in [0.717, 1.165) is 6.42 Å². The average molecular weight is 187 g/mol. The third kappa shape index (κ3) is 1.67. The number of nitrogens with one attached hydrogen (secondary N) is 1. The van der Waals surface area contributed by atoms with Crippen LogP contribution in [0.1, 0.15) is 6.42 Å². The van der Waals surface area contributed by atoms with Gasteiger partial charge in [-0.05, 0) is 6.42 Å². The number of carbonyl (C=O) groups is 1. The molecule has 0 aromatic rings. The third-order valence-corrected chi connectivity index (χ3v) is 2.54. The van der Waals surface area contributed by atoms with Crippen LogP contribution in [0, 0.1) is 0 Å². The Morgan fingerprint density at radius 1 is 1.46 bits per heavy atom. The predicted octanol–water partition coefficient (Wildman–Crippen LogP) is -0.781. The molecule has 2 fully saturated rings. The normalized spacial score (nSPS) is 39.5. The molecular weight excluding hydrogens is 174 g/mol. The molecule has 5 nitrogen and oxygen atoms in total. The maximum absolute atomic E-state index is 10.7. The Balaban J connectivity index is 2.02. The van der Waals surface area contributed by atoms with Crippen LogP contribution in [0.2, 0.25) is 0 Å². The highest BCUT2D eigenvalue weighted by Gasteiger charge is 2.41. The topological polar surface area (TPSA) is 67.8 Å². The van der Waals surface area contributed by atoms with Crippen LogP contribution in [0.5, 0.6) is 0 Å². The molecule has 5 heteroatoms. The largest absolute Gasteiger partial charge is 0.480 e. The summed E-state index contributed by atoms with van der Waals surface area (Å²) in [6.45, 7) is 2.04. The monoisotopic (exact) mass is 187 g/mol. The van der Waals surface area contributed by atoms with Gasteiger partial charge in [0, 0.05) is 6.61 Å². The number of carboxylic acids is 1. The number of ether oxygens (including phenoxy) is 2. The molecule has 13 heavy (non-hydrogen) atoms. The van der Waals surface area contributed by atoms with Crippen LogP contribution in [0.15, 0.2) is 0 Å². The van der Waals surface area contributed by atoms with E-state index in [2.05, 4.69) is 5.32 Å². The lowest BCUT2D eigenvalue weighted by molar-refractivity contribution is -0.145. The molecule has 0 aliphatic carbocycles. The van der Waals surface area contributed by atoms with Crippen LogP contribution in [-0.4, -0.2) is 49.1 Å². The zero-order valence-corrected chi connectivity index (χ0v) is 7.28. The van der Waals surface area contributed by atoms with Crippen molar-refractivity contribution in [2.45, 2.75) is 18.0 Å². The molecule has 2 aliphatic rings. The summed E-state index contributed by atoms with van der Waals surface area (Å²) in [6, 6.07) is -0.588. The molecule has 0 aromatic carbocycles. The van der Waals surface area contributed by atoms with Gasteiger partial charge >= 0.3 is 5.97 Å². The van der Waals surface area contributed by atoms with E-state index in [1.807, 2.05) is 0 Å². The van der Waals surface area contributed by atoms with Crippen molar-refractivity contribution in [3.63, 3.8) is 0 Å². The Morgan fingerprint density at radius 3 is 2.85 bits per heavy atom. The van der Waals surface area contributed by atoms with Gasteiger partial charge in [-0.1, -0.05) is 0 Å². The second-order valence-corrected chi connectivity index (χ2v) is 3.63. The molecule has 2 heterocycles. The van der Waals surface area contributed by atoms with E-state index in [1.54, 1.807) is 0 Å². The fourth-order valence-electron chi connectivity index (χ4n) is 1.79. The van der Waals surface area contributed by atoms with Crippen molar-refractivity contribution in [2.24, 2.45) is 0 Å². The van der Waals surface area contributed by atoms with Crippen molar-refractivity contribution in [2.75, 3.05) is 26.4 Å². The van der Waals surface area contributed by atoms with E-state index in [4.69, 9.17) is 14.6 Å². The first-order valence-corrected chi connectivity index (χ1v) is 4.38. The molecule has 2 saturated heterocycles. The summed E-state index contributed by atoms with van der Waals surface area (Å²) < 4.78 is 10.5. The summed E-state index contributed by atoms with van der Waals surface area (Å²) in [5.41, 5.74) is -0.249. The molecule has 74 valence electrons. The molecule has 1 spiro atoms. The molecule has 0 radical (unpaired) electrons. The summed E-state index contributed by atoms with van der Waals surface area (Å²) in [5, 5.41) is 11.9. The maximum Gasteiger partial charge on any atom is 0.323 e. The summed E-state index contributed by atoms with van der Waals surface area (Å²) in [6.07, 6.45) is 0.830. The Labute approximate surface area is 76.0 Å². The number of aliphatic carboxylic acids is 1. The van der Waals surface area contributed by atoms with Gasteiger partial charge in [0.15, 0.2) is 0 Å². The Morgan fingerprint density at radius 2 is 2.23 bits per heavy atom. The zero-order valence-electron chi connectivity index (χ0n) is 7.28. The lowest BCUT2D eigenvalue weighted by Gasteiger charge is -2.36. The lowest BCUT2D eigenvalue weighted by atomic mass is 9.97. The van der Waals surface area contributed by atoms with Gasteiger partial charge < -0.3 is 14.6 Å². The first-order valence-electron chi connectivity index (χ1n) is 4.38. The fraction of sp³-hybridized carbons (Fsp3) is 0.875. The summed E-state index contributed by atoms with van der Waals surface area (Å²) in [7, 11) is 0. The van der Waals surface area contributed by atoms with E-state index < -0.39 is 12.0 Å². The van der Waals surface area contributed by atoms with Gasteiger partial charge in [-0.3, -0.25) is 10.1 Å². The number of carboxylic acid groups (broad SMARTS) is 1. The molecule has 2 N–H and O–H groups in total. The van der Waals surface area contributed by atoms with Crippen molar-refractivity contribution in [1.82, 2.24) is 5.32 Å². The van der Waals surface area contributed by atoms with E-state index in [0.29, 0.717) is 19.8 Å². The number of morpholine rings is 1. The minimum atomic E-state index is -0.856. The van der Waals surface area contributed by atoms with E-state index in [1.165, 1.54) is 0 Å². The first-order chi connectivity index (χ1) is 6.22. The first kappa shape index (κ1) is 8.93. The minimum Gasteiger partial charge on any atom is -0.480 e. The highest BCUT2D eigenvalue weighted by atomic mass is 16.5. The quantitative estimate of drug-likeness (QED) is 0.563. The average Bonchev–Trinajstić information content (AvgIpc) is 2.53. The van der Waals surface area contributed by atoms with Crippen molar-refractivity contribution in [3.8, 4) is 0 Å². The van der Waals surface area contributed by atoms with Gasteiger partial charge in [0.05, 0.1) is 25.4 Å². The summed E-state index contributed by atoms with van der Waals surface area (Å²) in [4.78, 5) is 10.7. The molecule has 2 atom stereocenters. The van der Waals surface area contributed by atoms with Gasteiger partial charge in [-0.2, -0.15) is 0 Å². The minimum absolute atomic E-state index is 0.247. The third-order valence-electron chi connectivity index (χ3n) is 2.54. The highest BCUT2D eigenvalue weighted by molar-refractivity contribution is 5.73. The predicted molar refractivity (Wildman–Crippen MR) is 43.5 cm³/mol. The maximum atomic E-state index is 10.7. The fourth-order valence-corrected chi connectivity index (χ4v) is 1.79. The molecule has 2 rings (SSSR count). The van der Waals surface area contributed by atoms with Gasteiger partial charge in [0.25, 0.3) is 0 Å². The SMILES string of the molecule is O=C(O)C1COCC2(CCOC2)N1. The molecular formula is C8H13NO4. The van der Waals surface area contributed by atoms with Crippen LogP contribution < -0.4 is 5.32 Å². The number of rotatable bonds is 1. The molecule has 0 bridgehead atoms. The molecule has 2 aliphatic heterocycles. The number of hydrogen-bond acceptors (Lipinski definition) is 4. The van der Waals surface area contributed by atoms with Crippen LogP contribution in [-0.2, 0) is 14.3 Å². The molecule has 0 saturated carbocycles. The highest BCUT2D eigenvalue weighted by Crippen LogP contribution is 2.22. The second kappa shape index (κ2) is 3.25. The molecule has 2 unspecified atom stereocenters. The van der Waals surface area contributed by atoms with Crippen molar-refractivity contribution in [1.29, 1.82) is 0 Å². The lowest BCUT2D eigenvalue weighted by Crippen LogP contribution is -2.61. The van der Waals surface area contributed by atoms with E-state index >= 15 is 0 Å². The Hall–Kier alpha value is -0.650. The van der Waals surface area contributed by atoms with Crippen LogP contribution in [0.25, 0.3) is 0 Å². The molecule has 0 aromatic heterocycles. The smallest absolute Gasteiger partial charge is 0.323 e.